The first-order valence-electron chi connectivity index (χ1n) is 7.18. The van der Waals surface area contributed by atoms with Gasteiger partial charge in [-0.15, -0.1) is 0 Å². The Morgan fingerprint density at radius 1 is 1.04 bits per heavy atom. The van der Waals surface area contributed by atoms with Gasteiger partial charge < -0.3 is 15.7 Å². The molecule has 0 bridgehead atoms. The van der Waals surface area contributed by atoms with E-state index in [0.717, 1.165) is 6.07 Å². The van der Waals surface area contributed by atoms with Crippen molar-refractivity contribution in [2.24, 2.45) is 0 Å². The molecule has 0 saturated carbocycles. The molecule has 0 unspecified atom stereocenters. The normalized spacial score (nSPS) is 10.1. The average molecular weight is 364 g/mol. The molecule has 8 nitrogen and oxygen atoms in total. The van der Waals surface area contributed by atoms with Crippen LogP contribution in [-0.2, 0) is 0 Å². The molecule has 2 amide bonds. The zero-order valence-corrected chi connectivity index (χ0v) is 13.6. The second-order valence-electron chi connectivity index (χ2n) is 4.98. The van der Waals surface area contributed by atoms with Crippen molar-refractivity contribution < 1.29 is 19.6 Å². The highest BCUT2D eigenvalue weighted by Crippen LogP contribution is 2.22. The van der Waals surface area contributed by atoms with Crippen LogP contribution >= 0.6 is 11.6 Å². The highest BCUT2D eigenvalue weighted by molar-refractivity contribution is 6.31. The number of benzene rings is 2. The molecule has 2 aromatic carbocycles. The maximum atomic E-state index is 12.0. The number of phenols is 1. The maximum Gasteiger partial charge on any atom is 0.283 e. The average Bonchev–Trinajstić information content (AvgIpc) is 2.58. The Labute approximate surface area is 147 Å². The molecule has 0 aliphatic heterocycles. The van der Waals surface area contributed by atoms with Crippen LogP contribution < -0.4 is 10.6 Å². The Bertz CT molecular complexity index is 808. The second-order valence-corrected chi connectivity index (χ2v) is 5.41. The summed E-state index contributed by atoms with van der Waals surface area (Å²) in [5, 5.41) is 25.4. The highest BCUT2D eigenvalue weighted by Gasteiger charge is 2.20. The molecular weight excluding hydrogens is 350 g/mol. The topological polar surface area (TPSA) is 122 Å². The van der Waals surface area contributed by atoms with Gasteiger partial charge in [0.05, 0.1) is 4.92 Å². The van der Waals surface area contributed by atoms with Crippen LogP contribution in [0.25, 0.3) is 0 Å². The minimum absolute atomic E-state index is 0.0494. The quantitative estimate of drug-likeness (QED) is 0.412. The van der Waals surface area contributed by atoms with Gasteiger partial charge in [-0.05, 0) is 36.4 Å². The number of carbonyl (C=O) groups is 2. The summed E-state index contributed by atoms with van der Waals surface area (Å²) in [5.74, 6) is -0.956. The number of hydrogen-bond donors (Lipinski definition) is 3. The maximum absolute atomic E-state index is 12.0. The van der Waals surface area contributed by atoms with E-state index in [-0.39, 0.29) is 35.3 Å². The Morgan fingerprint density at radius 3 is 2.24 bits per heavy atom. The number of halogens is 1. The summed E-state index contributed by atoms with van der Waals surface area (Å²) >= 11 is 5.70. The van der Waals surface area contributed by atoms with E-state index in [0.29, 0.717) is 5.56 Å². The van der Waals surface area contributed by atoms with Gasteiger partial charge in [0.15, 0.2) is 0 Å². The number of carbonyl (C=O) groups excluding carboxylic acids is 2. The Morgan fingerprint density at radius 2 is 1.64 bits per heavy atom. The van der Waals surface area contributed by atoms with Crippen molar-refractivity contribution in [2.75, 3.05) is 13.1 Å². The first kappa shape index (κ1) is 18.2. The number of nitro benzene ring substituents is 1. The van der Waals surface area contributed by atoms with E-state index >= 15 is 0 Å². The van der Waals surface area contributed by atoms with E-state index in [1.165, 1.54) is 36.4 Å². The van der Waals surface area contributed by atoms with Gasteiger partial charge in [-0.3, -0.25) is 19.7 Å². The van der Waals surface area contributed by atoms with Crippen LogP contribution in [0.1, 0.15) is 20.7 Å². The Hall–Kier alpha value is -3.13. The summed E-state index contributed by atoms with van der Waals surface area (Å²) in [6, 6.07) is 9.44. The lowest BCUT2D eigenvalue weighted by Crippen LogP contribution is -2.34. The number of nitro groups is 1. The van der Waals surface area contributed by atoms with Crippen molar-refractivity contribution >= 4 is 29.1 Å². The van der Waals surface area contributed by atoms with Crippen molar-refractivity contribution in [1.82, 2.24) is 10.6 Å². The molecule has 0 aliphatic carbocycles. The van der Waals surface area contributed by atoms with Crippen LogP contribution in [-0.4, -0.2) is 34.9 Å². The fraction of sp³-hybridized carbons (Fsp3) is 0.125. The van der Waals surface area contributed by atoms with Crippen LogP contribution in [0.4, 0.5) is 5.69 Å². The predicted molar refractivity (Wildman–Crippen MR) is 90.9 cm³/mol. The van der Waals surface area contributed by atoms with E-state index < -0.39 is 16.5 Å². The third kappa shape index (κ3) is 4.92. The molecule has 0 radical (unpaired) electrons. The SMILES string of the molecule is O=C(NCCNC(=O)c1ccc(Cl)cc1[N+](=O)[O-])c1ccc(O)cc1. The van der Waals surface area contributed by atoms with Gasteiger partial charge in [-0.1, -0.05) is 11.6 Å². The predicted octanol–water partition coefficient (Wildman–Crippen LogP) is 2.11. The van der Waals surface area contributed by atoms with E-state index in [1.54, 1.807) is 0 Å². The number of hydrogen-bond acceptors (Lipinski definition) is 5. The van der Waals surface area contributed by atoms with Gasteiger partial charge in [-0.2, -0.15) is 0 Å². The highest BCUT2D eigenvalue weighted by atomic mass is 35.5. The lowest BCUT2D eigenvalue weighted by atomic mass is 10.1. The summed E-state index contributed by atoms with van der Waals surface area (Å²) in [7, 11) is 0. The van der Waals surface area contributed by atoms with Gasteiger partial charge in [0.25, 0.3) is 17.5 Å². The number of nitrogens with zero attached hydrogens (tertiary/aromatic N) is 1. The van der Waals surface area contributed by atoms with Crippen LogP contribution in [0.3, 0.4) is 0 Å². The molecule has 130 valence electrons. The van der Waals surface area contributed by atoms with Crippen LogP contribution in [0.2, 0.25) is 5.02 Å². The van der Waals surface area contributed by atoms with Gasteiger partial charge in [0.2, 0.25) is 0 Å². The molecule has 0 aromatic heterocycles. The molecule has 25 heavy (non-hydrogen) atoms. The number of phenolic OH excluding ortho intramolecular Hbond substituents is 1. The van der Waals surface area contributed by atoms with E-state index in [9.17, 15) is 19.7 Å². The van der Waals surface area contributed by atoms with Crippen LogP contribution in [0.15, 0.2) is 42.5 Å². The first-order chi connectivity index (χ1) is 11.9. The first-order valence-corrected chi connectivity index (χ1v) is 7.55. The summed E-state index contributed by atoms with van der Waals surface area (Å²) < 4.78 is 0. The molecular formula is C16H14ClN3O5. The molecule has 0 heterocycles. The fourth-order valence-electron chi connectivity index (χ4n) is 2.01. The van der Waals surface area contributed by atoms with Gasteiger partial charge in [0.1, 0.15) is 11.3 Å². The molecule has 3 N–H and O–H groups in total. The van der Waals surface area contributed by atoms with E-state index in [2.05, 4.69) is 10.6 Å². The number of rotatable bonds is 6. The van der Waals surface area contributed by atoms with Crippen molar-refractivity contribution in [1.29, 1.82) is 0 Å². The van der Waals surface area contributed by atoms with Crippen LogP contribution in [0, 0.1) is 10.1 Å². The summed E-state index contributed by atoms with van der Waals surface area (Å²) in [4.78, 5) is 34.2. The summed E-state index contributed by atoms with van der Waals surface area (Å²) in [6.45, 7) is 0.218. The van der Waals surface area contributed by atoms with Crippen molar-refractivity contribution in [3.8, 4) is 5.75 Å². The van der Waals surface area contributed by atoms with Gasteiger partial charge in [0, 0.05) is 29.7 Å². The van der Waals surface area contributed by atoms with Gasteiger partial charge >= 0.3 is 0 Å². The fourth-order valence-corrected chi connectivity index (χ4v) is 2.18. The minimum Gasteiger partial charge on any atom is -0.508 e. The third-order valence-electron chi connectivity index (χ3n) is 3.23. The molecule has 0 fully saturated rings. The lowest BCUT2D eigenvalue weighted by molar-refractivity contribution is -0.385. The summed E-state index contributed by atoms with van der Waals surface area (Å²) in [5.41, 5.74) is -0.144. The molecule has 9 heteroatoms. The second kappa shape index (κ2) is 8.11. The Balaban J connectivity index is 1.88. The molecule has 2 rings (SSSR count). The van der Waals surface area contributed by atoms with Crippen LogP contribution in [0.5, 0.6) is 5.75 Å². The molecule has 2 aromatic rings. The van der Waals surface area contributed by atoms with E-state index in [4.69, 9.17) is 16.7 Å². The number of nitrogens with one attached hydrogen (secondary N) is 2. The molecule has 0 atom stereocenters. The smallest absolute Gasteiger partial charge is 0.283 e. The number of aromatic hydroxyl groups is 1. The standard InChI is InChI=1S/C16H14ClN3O5/c17-11-3-6-13(14(9-11)20(24)25)16(23)19-8-7-18-15(22)10-1-4-12(21)5-2-10/h1-6,9,21H,7-8H2,(H,18,22)(H,19,23). The monoisotopic (exact) mass is 363 g/mol. The largest absolute Gasteiger partial charge is 0.508 e. The zero-order chi connectivity index (χ0) is 18.4. The molecule has 0 spiro atoms. The lowest BCUT2D eigenvalue weighted by Gasteiger charge is -2.08. The van der Waals surface area contributed by atoms with Crippen molar-refractivity contribution in [3.05, 3.63) is 68.7 Å². The van der Waals surface area contributed by atoms with Crippen molar-refractivity contribution in [3.63, 3.8) is 0 Å². The molecule has 0 aliphatic rings. The minimum atomic E-state index is -0.687. The van der Waals surface area contributed by atoms with E-state index in [1.807, 2.05) is 0 Å². The summed E-state index contributed by atoms with van der Waals surface area (Å²) in [6.07, 6.45) is 0. The third-order valence-corrected chi connectivity index (χ3v) is 3.46. The molecule has 0 saturated heterocycles. The Kier molecular flexibility index (Phi) is 5.91. The number of amides is 2. The van der Waals surface area contributed by atoms with Gasteiger partial charge in [-0.25, -0.2) is 0 Å². The zero-order valence-electron chi connectivity index (χ0n) is 12.9. The van der Waals surface area contributed by atoms with Crippen molar-refractivity contribution in [2.45, 2.75) is 0 Å².